The number of carbonyl (C=O) groups excluding carboxylic acids is 2. The van der Waals surface area contributed by atoms with Crippen LogP contribution in [0.2, 0.25) is 5.02 Å². The lowest BCUT2D eigenvalue weighted by Crippen LogP contribution is -2.16. The zero-order valence-electron chi connectivity index (χ0n) is 14.3. The van der Waals surface area contributed by atoms with Crippen LogP contribution in [-0.4, -0.2) is 18.8 Å². The number of anilines is 1. The summed E-state index contributed by atoms with van der Waals surface area (Å²) in [6, 6.07) is 18.8. The Balaban J connectivity index is 1.97. The van der Waals surface area contributed by atoms with Crippen LogP contribution in [0.1, 0.15) is 26.3 Å². The second-order valence-corrected chi connectivity index (χ2v) is 7.04. The summed E-state index contributed by atoms with van der Waals surface area (Å²) in [4.78, 5) is 25.7. The summed E-state index contributed by atoms with van der Waals surface area (Å²) in [6.07, 6.45) is 0. The van der Waals surface area contributed by atoms with Crippen LogP contribution in [0, 0.1) is 0 Å². The third-order valence-corrected chi connectivity index (χ3v) is 4.64. The molecule has 1 N–H and O–H groups in total. The molecule has 0 aliphatic carbocycles. The maximum atomic E-state index is 12.9. The molecule has 27 heavy (non-hydrogen) atoms. The number of carbonyl (C=O) groups is 2. The molecule has 0 aromatic heterocycles. The summed E-state index contributed by atoms with van der Waals surface area (Å²) < 4.78 is 5.97. The molecule has 0 fully saturated rings. The average Bonchev–Trinajstić information content (AvgIpc) is 2.69. The summed E-state index contributed by atoms with van der Waals surface area (Å²) in [5.41, 5.74) is 1.60. The van der Waals surface area contributed by atoms with Crippen LogP contribution in [0.3, 0.4) is 0 Å². The van der Waals surface area contributed by atoms with Gasteiger partial charge in [0.15, 0.2) is 5.78 Å². The molecule has 136 valence electrons. The number of halogens is 2. The topological polar surface area (TPSA) is 55.4 Å². The molecule has 0 unspecified atom stereocenters. The second kappa shape index (κ2) is 8.37. The van der Waals surface area contributed by atoms with E-state index in [2.05, 4.69) is 21.2 Å². The highest BCUT2D eigenvalue weighted by atomic mass is 79.9. The van der Waals surface area contributed by atoms with Gasteiger partial charge in [0.2, 0.25) is 0 Å². The number of ketones is 1. The third-order valence-electron chi connectivity index (χ3n) is 3.92. The van der Waals surface area contributed by atoms with Gasteiger partial charge in [0.1, 0.15) is 5.75 Å². The molecule has 0 atom stereocenters. The van der Waals surface area contributed by atoms with Gasteiger partial charge < -0.3 is 10.1 Å². The van der Waals surface area contributed by atoms with E-state index in [1.165, 1.54) is 13.2 Å². The molecule has 0 aliphatic rings. The van der Waals surface area contributed by atoms with Crippen LogP contribution in [0.5, 0.6) is 5.75 Å². The second-order valence-electron chi connectivity index (χ2n) is 5.68. The number of methoxy groups -OCH3 is 1. The van der Waals surface area contributed by atoms with Gasteiger partial charge in [-0.3, -0.25) is 9.59 Å². The highest BCUT2D eigenvalue weighted by molar-refractivity contribution is 9.10. The van der Waals surface area contributed by atoms with Crippen LogP contribution in [0.15, 0.2) is 71.2 Å². The predicted octanol–water partition coefficient (Wildman–Crippen LogP) is 5.59. The van der Waals surface area contributed by atoms with Gasteiger partial charge in [0.25, 0.3) is 5.91 Å². The van der Waals surface area contributed by atoms with E-state index in [9.17, 15) is 9.59 Å². The van der Waals surface area contributed by atoms with Gasteiger partial charge >= 0.3 is 0 Å². The smallest absolute Gasteiger partial charge is 0.259 e. The van der Waals surface area contributed by atoms with Crippen LogP contribution in [0.4, 0.5) is 5.69 Å². The molecule has 0 aliphatic heterocycles. The zero-order chi connectivity index (χ0) is 19.4. The molecule has 3 aromatic carbocycles. The molecule has 0 radical (unpaired) electrons. The van der Waals surface area contributed by atoms with Crippen molar-refractivity contribution < 1.29 is 14.3 Å². The van der Waals surface area contributed by atoms with Crippen LogP contribution in [-0.2, 0) is 0 Å². The minimum Gasteiger partial charge on any atom is -0.496 e. The van der Waals surface area contributed by atoms with Crippen molar-refractivity contribution in [2.75, 3.05) is 12.4 Å². The minimum absolute atomic E-state index is 0.190. The molecule has 0 saturated heterocycles. The summed E-state index contributed by atoms with van der Waals surface area (Å²) in [6.45, 7) is 0. The van der Waals surface area contributed by atoms with E-state index in [1.54, 1.807) is 54.6 Å². The van der Waals surface area contributed by atoms with Crippen LogP contribution >= 0.6 is 27.5 Å². The van der Waals surface area contributed by atoms with Crippen molar-refractivity contribution in [3.8, 4) is 5.75 Å². The van der Waals surface area contributed by atoms with Crippen molar-refractivity contribution in [3.05, 3.63) is 92.9 Å². The molecule has 4 nitrogen and oxygen atoms in total. The predicted molar refractivity (Wildman–Crippen MR) is 110 cm³/mol. The van der Waals surface area contributed by atoms with Gasteiger partial charge in [-0.25, -0.2) is 0 Å². The Bertz CT molecular complexity index is 1010. The van der Waals surface area contributed by atoms with E-state index in [4.69, 9.17) is 16.3 Å². The first-order chi connectivity index (χ1) is 13.0. The van der Waals surface area contributed by atoms with Gasteiger partial charge in [0.05, 0.1) is 18.4 Å². The lowest BCUT2D eigenvalue weighted by Gasteiger charge is -2.13. The van der Waals surface area contributed by atoms with Crippen LogP contribution < -0.4 is 10.1 Å². The maximum absolute atomic E-state index is 12.9. The van der Waals surface area contributed by atoms with E-state index in [1.807, 2.05) is 6.07 Å². The number of nitrogens with one attached hydrogen (secondary N) is 1. The molecular weight excluding hydrogens is 430 g/mol. The van der Waals surface area contributed by atoms with E-state index < -0.39 is 5.91 Å². The van der Waals surface area contributed by atoms with Crippen molar-refractivity contribution in [2.45, 2.75) is 0 Å². The maximum Gasteiger partial charge on any atom is 0.259 e. The van der Waals surface area contributed by atoms with Gasteiger partial charge in [-0.05, 0) is 36.4 Å². The summed E-state index contributed by atoms with van der Waals surface area (Å²) in [7, 11) is 1.48. The Hall–Kier alpha value is -2.63. The number of rotatable bonds is 5. The Morgan fingerprint density at radius 3 is 2.41 bits per heavy atom. The first-order valence-corrected chi connectivity index (χ1v) is 9.21. The van der Waals surface area contributed by atoms with Gasteiger partial charge in [0, 0.05) is 20.6 Å². The number of ether oxygens (including phenoxy) is 1. The summed E-state index contributed by atoms with van der Waals surface area (Å²) in [5.74, 6) is -0.214. The Labute approximate surface area is 170 Å². The number of hydrogen-bond acceptors (Lipinski definition) is 3. The fraction of sp³-hybridized carbons (Fsp3) is 0.0476. The summed E-state index contributed by atoms with van der Waals surface area (Å²) >= 11 is 9.39. The SMILES string of the molecule is COc1ccc(Cl)cc1C(=O)Nc1ccc(Br)cc1C(=O)c1ccccc1. The van der Waals surface area contributed by atoms with Crippen molar-refractivity contribution in [2.24, 2.45) is 0 Å². The van der Waals surface area contributed by atoms with E-state index in [-0.39, 0.29) is 11.3 Å². The Kier molecular flexibility index (Phi) is 5.94. The quantitative estimate of drug-likeness (QED) is 0.522. The molecule has 0 spiro atoms. The van der Waals surface area contributed by atoms with E-state index in [0.717, 1.165) is 4.47 Å². The molecule has 3 rings (SSSR count). The zero-order valence-corrected chi connectivity index (χ0v) is 16.7. The fourth-order valence-electron chi connectivity index (χ4n) is 2.61. The molecule has 3 aromatic rings. The molecular formula is C21H15BrClNO3. The van der Waals surface area contributed by atoms with Crippen molar-refractivity contribution in [1.29, 1.82) is 0 Å². The number of amides is 1. The third kappa shape index (κ3) is 4.38. The standard InChI is InChI=1S/C21H15BrClNO3/c1-27-19-10-8-15(23)12-17(19)21(26)24-18-9-7-14(22)11-16(18)20(25)13-5-3-2-4-6-13/h2-12H,1H3,(H,24,26). The normalized spacial score (nSPS) is 10.3. The molecule has 0 heterocycles. The van der Waals surface area contributed by atoms with Crippen LogP contribution in [0.25, 0.3) is 0 Å². The highest BCUT2D eigenvalue weighted by Crippen LogP contribution is 2.27. The van der Waals surface area contributed by atoms with Crippen molar-refractivity contribution in [1.82, 2.24) is 0 Å². The Morgan fingerprint density at radius 2 is 1.70 bits per heavy atom. The van der Waals surface area contributed by atoms with Gasteiger partial charge in [-0.15, -0.1) is 0 Å². The molecule has 0 saturated carbocycles. The lowest BCUT2D eigenvalue weighted by molar-refractivity contribution is 0.102. The largest absolute Gasteiger partial charge is 0.496 e. The highest BCUT2D eigenvalue weighted by Gasteiger charge is 2.18. The summed E-state index contributed by atoms with van der Waals surface area (Å²) in [5, 5.41) is 3.20. The number of benzene rings is 3. The lowest BCUT2D eigenvalue weighted by atomic mass is 10.0. The van der Waals surface area contributed by atoms with Crippen molar-refractivity contribution >= 4 is 44.9 Å². The minimum atomic E-state index is -0.418. The molecule has 6 heteroatoms. The Morgan fingerprint density at radius 1 is 0.963 bits per heavy atom. The molecule has 1 amide bonds. The van der Waals surface area contributed by atoms with E-state index >= 15 is 0 Å². The first-order valence-electron chi connectivity index (χ1n) is 8.04. The first kappa shape index (κ1) is 19.1. The monoisotopic (exact) mass is 443 g/mol. The van der Waals surface area contributed by atoms with Gasteiger partial charge in [-0.2, -0.15) is 0 Å². The van der Waals surface area contributed by atoms with Gasteiger partial charge in [-0.1, -0.05) is 57.9 Å². The van der Waals surface area contributed by atoms with E-state index in [0.29, 0.717) is 27.6 Å². The number of hydrogen-bond donors (Lipinski definition) is 1. The average molecular weight is 445 g/mol. The van der Waals surface area contributed by atoms with Crippen molar-refractivity contribution in [3.63, 3.8) is 0 Å². The molecule has 0 bridgehead atoms. The fourth-order valence-corrected chi connectivity index (χ4v) is 3.14.